The zero-order valence-electron chi connectivity index (χ0n) is 14.9. The molecule has 0 heterocycles. The van der Waals surface area contributed by atoms with Gasteiger partial charge in [-0.05, 0) is 37.5 Å². The van der Waals surface area contributed by atoms with Gasteiger partial charge in [0.15, 0.2) is 0 Å². The van der Waals surface area contributed by atoms with Gasteiger partial charge in [-0.15, -0.1) is 0 Å². The van der Waals surface area contributed by atoms with Gasteiger partial charge in [-0.25, -0.2) is 13.2 Å². The molecule has 10 heteroatoms. The fourth-order valence-electron chi connectivity index (χ4n) is 1.99. The molecule has 0 saturated heterocycles. The van der Waals surface area contributed by atoms with Gasteiger partial charge in [0.1, 0.15) is 6.04 Å². The highest BCUT2D eigenvalue weighted by Crippen LogP contribution is 2.10. The second-order valence-corrected chi connectivity index (χ2v) is 7.91. The smallest absolute Gasteiger partial charge is 0.407 e. The molecular weight excluding hydrogens is 378 g/mol. The summed E-state index contributed by atoms with van der Waals surface area (Å²) in [5, 5.41) is 5.09. The van der Waals surface area contributed by atoms with E-state index in [1.807, 2.05) is 6.26 Å². The number of rotatable bonds is 11. The lowest BCUT2D eigenvalue weighted by Crippen LogP contribution is -2.48. The Kier molecular flexibility index (Phi) is 10.1. The van der Waals surface area contributed by atoms with Crippen LogP contribution in [-0.2, 0) is 19.6 Å². The number of hydrogen-bond donors (Lipinski definition) is 3. The van der Waals surface area contributed by atoms with Gasteiger partial charge in [0.05, 0.1) is 11.5 Å². The highest BCUT2D eigenvalue weighted by Gasteiger charge is 2.25. The van der Waals surface area contributed by atoms with E-state index in [-0.39, 0.29) is 24.6 Å². The quantitative estimate of drug-likeness (QED) is 0.474. The molecular formula is C16H25N3O5S2. The fraction of sp³-hybridized carbons (Fsp3) is 0.500. The van der Waals surface area contributed by atoms with E-state index in [1.54, 1.807) is 25.1 Å². The Morgan fingerprint density at radius 1 is 1.15 bits per heavy atom. The molecule has 26 heavy (non-hydrogen) atoms. The lowest BCUT2D eigenvalue weighted by molar-refractivity contribution is -0.122. The minimum atomic E-state index is -3.80. The highest BCUT2D eigenvalue weighted by atomic mass is 32.2. The predicted molar refractivity (Wildman–Crippen MR) is 102 cm³/mol. The van der Waals surface area contributed by atoms with Crippen molar-refractivity contribution in [3.05, 3.63) is 30.3 Å². The summed E-state index contributed by atoms with van der Waals surface area (Å²) >= 11 is 1.52. The van der Waals surface area contributed by atoms with E-state index in [0.29, 0.717) is 12.2 Å². The van der Waals surface area contributed by atoms with E-state index in [0.717, 1.165) is 0 Å². The zero-order chi connectivity index (χ0) is 19.4. The topological polar surface area (TPSA) is 114 Å². The molecule has 0 fully saturated rings. The maximum absolute atomic E-state index is 12.4. The first-order valence-electron chi connectivity index (χ1n) is 8.15. The van der Waals surface area contributed by atoms with Crippen molar-refractivity contribution in [1.82, 2.24) is 15.4 Å². The Morgan fingerprint density at radius 3 is 2.42 bits per heavy atom. The second-order valence-electron chi connectivity index (χ2n) is 5.21. The molecule has 0 spiro atoms. The molecule has 0 saturated carbocycles. The van der Waals surface area contributed by atoms with E-state index < -0.39 is 28.1 Å². The number of amides is 2. The number of ether oxygens (including phenoxy) is 1. The molecule has 0 radical (unpaired) electrons. The summed E-state index contributed by atoms with van der Waals surface area (Å²) in [6.07, 6.45) is 1.67. The molecule has 0 aliphatic carbocycles. The maximum atomic E-state index is 12.4. The van der Waals surface area contributed by atoms with E-state index in [4.69, 9.17) is 4.74 Å². The third-order valence-corrected chi connectivity index (χ3v) is 5.38. The van der Waals surface area contributed by atoms with Crippen LogP contribution in [0.25, 0.3) is 0 Å². The van der Waals surface area contributed by atoms with Crippen LogP contribution >= 0.6 is 11.8 Å². The molecule has 0 aliphatic rings. The molecule has 1 aromatic carbocycles. The zero-order valence-corrected chi connectivity index (χ0v) is 16.5. The summed E-state index contributed by atoms with van der Waals surface area (Å²) in [5.74, 6) is 0.181. The van der Waals surface area contributed by atoms with E-state index in [2.05, 4.69) is 15.4 Å². The molecule has 1 aromatic rings. The molecule has 0 aliphatic heterocycles. The fourth-order valence-corrected chi connectivity index (χ4v) is 3.71. The van der Waals surface area contributed by atoms with Crippen LogP contribution in [0, 0.1) is 0 Å². The molecule has 146 valence electrons. The van der Waals surface area contributed by atoms with Gasteiger partial charge in [-0.1, -0.05) is 18.2 Å². The second kappa shape index (κ2) is 11.8. The first-order valence-corrected chi connectivity index (χ1v) is 11.0. The third-order valence-electron chi connectivity index (χ3n) is 3.25. The molecule has 1 unspecified atom stereocenters. The number of alkyl carbamates (subject to hydrolysis) is 1. The molecule has 2 amide bonds. The van der Waals surface area contributed by atoms with Crippen molar-refractivity contribution in [1.29, 1.82) is 0 Å². The van der Waals surface area contributed by atoms with Crippen molar-refractivity contribution >= 4 is 33.8 Å². The van der Waals surface area contributed by atoms with Crippen molar-refractivity contribution < 1.29 is 22.7 Å². The number of carbonyl (C=O) groups excluding carboxylic acids is 2. The average Bonchev–Trinajstić information content (AvgIpc) is 2.63. The van der Waals surface area contributed by atoms with Gasteiger partial charge in [0.2, 0.25) is 15.9 Å². The molecule has 0 aromatic heterocycles. The number of carbonyl (C=O) groups is 2. The van der Waals surface area contributed by atoms with Crippen molar-refractivity contribution in [3.63, 3.8) is 0 Å². The van der Waals surface area contributed by atoms with Gasteiger partial charge in [-0.3, -0.25) is 4.79 Å². The third kappa shape index (κ3) is 8.07. The standard InChI is InChI=1S/C16H25N3O5S2/c1-3-24-16(21)18-11-10-17-15(20)14(9-12-25-2)19-26(22,23)13-7-5-4-6-8-13/h4-8,14,19H,3,9-12H2,1-2H3,(H,17,20)(H,18,21). The Labute approximate surface area is 158 Å². The number of benzene rings is 1. The number of hydrogen-bond acceptors (Lipinski definition) is 6. The molecule has 8 nitrogen and oxygen atoms in total. The normalized spacial score (nSPS) is 12.2. The van der Waals surface area contributed by atoms with Crippen LogP contribution in [0.1, 0.15) is 13.3 Å². The van der Waals surface area contributed by atoms with Crippen molar-refractivity contribution in [2.75, 3.05) is 31.7 Å². The molecule has 1 rings (SSSR count). The average molecular weight is 404 g/mol. The van der Waals surface area contributed by atoms with Crippen molar-refractivity contribution in [2.24, 2.45) is 0 Å². The summed E-state index contributed by atoms with van der Waals surface area (Å²) in [5.41, 5.74) is 0. The van der Waals surface area contributed by atoms with Gasteiger partial charge in [0, 0.05) is 13.1 Å². The SMILES string of the molecule is CCOC(=O)NCCNC(=O)C(CCSC)NS(=O)(=O)c1ccccc1. The van der Waals surface area contributed by atoms with Crippen LogP contribution in [0.5, 0.6) is 0 Å². The highest BCUT2D eigenvalue weighted by molar-refractivity contribution is 7.98. The number of sulfonamides is 1. The van der Waals surface area contributed by atoms with Gasteiger partial charge in [0.25, 0.3) is 0 Å². The van der Waals surface area contributed by atoms with E-state index in [9.17, 15) is 18.0 Å². The lowest BCUT2D eigenvalue weighted by Gasteiger charge is -2.18. The van der Waals surface area contributed by atoms with Crippen LogP contribution in [0.4, 0.5) is 4.79 Å². The maximum Gasteiger partial charge on any atom is 0.407 e. The first-order chi connectivity index (χ1) is 12.4. The summed E-state index contributed by atoms with van der Waals surface area (Å²) in [6, 6.07) is 6.99. The molecule has 1 atom stereocenters. The first kappa shape index (κ1) is 22.3. The van der Waals surface area contributed by atoms with E-state index >= 15 is 0 Å². The van der Waals surface area contributed by atoms with Crippen molar-refractivity contribution in [3.8, 4) is 0 Å². The van der Waals surface area contributed by atoms with Crippen LogP contribution in [0.3, 0.4) is 0 Å². The Bertz CT molecular complexity index is 668. The van der Waals surface area contributed by atoms with Gasteiger partial charge in [-0.2, -0.15) is 16.5 Å². The van der Waals surface area contributed by atoms with Crippen LogP contribution < -0.4 is 15.4 Å². The summed E-state index contributed by atoms with van der Waals surface area (Å²) in [4.78, 5) is 23.6. The predicted octanol–water partition coefficient (Wildman–Crippen LogP) is 0.949. The Hall–Kier alpha value is -1.78. The summed E-state index contributed by atoms with van der Waals surface area (Å²) in [6.45, 7) is 2.30. The van der Waals surface area contributed by atoms with E-state index in [1.165, 1.54) is 23.9 Å². The van der Waals surface area contributed by atoms with Gasteiger partial charge < -0.3 is 15.4 Å². The lowest BCUT2D eigenvalue weighted by atomic mass is 10.2. The van der Waals surface area contributed by atoms with Gasteiger partial charge >= 0.3 is 6.09 Å². The largest absolute Gasteiger partial charge is 0.450 e. The Balaban J connectivity index is 2.62. The van der Waals surface area contributed by atoms with Crippen LogP contribution in [0.15, 0.2) is 35.2 Å². The monoisotopic (exact) mass is 403 g/mol. The van der Waals surface area contributed by atoms with Crippen molar-refractivity contribution in [2.45, 2.75) is 24.3 Å². The summed E-state index contributed by atoms with van der Waals surface area (Å²) in [7, 11) is -3.80. The van der Waals surface area contributed by atoms with Crippen LogP contribution in [-0.4, -0.2) is 58.2 Å². The summed E-state index contributed by atoms with van der Waals surface area (Å²) < 4.78 is 32.0. The minimum absolute atomic E-state index is 0.103. The van der Waals surface area contributed by atoms with Crippen LogP contribution in [0.2, 0.25) is 0 Å². The molecule has 3 N–H and O–H groups in total. The number of thioether (sulfide) groups is 1. The molecule has 0 bridgehead atoms. The number of nitrogens with one attached hydrogen (secondary N) is 3. The Morgan fingerprint density at radius 2 is 1.81 bits per heavy atom. The minimum Gasteiger partial charge on any atom is -0.450 e.